The lowest BCUT2D eigenvalue weighted by atomic mass is 9.79. The number of rotatable bonds is 26. The van der Waals surface area contributed by atoms with Gasteiger partial charge in [0.2, 0.25) is 0 Å². The van der Waals surface area contributed by atoms with Gasteiger partial charge in [0.15, 0.2) is 0 Å². The quantitative estimate of drug-likeness (QED) is 0.0974. The summed E-state index contributed by atoms with van der Waals surface area (Å²) in [6.45, 7) is 18.5. The van der Waals surface area contributed by atoms with Crippen molar-refractivity contribution >= 4 is 11.9 Å². The minimum Gasteiger partial charge on any atom is -0.462 e. The highest BCUT2D eigenvalue weighted by Crippen LogP contribution is 2.35. The second-order valence-electron chi connectivity index (χ2n) is 13.1. The highest BCUT2D eigenvalue weighted by atomic mass is 16.5. The molecule has 2 atom stereocenters. The van der Waals surface area contributed by atoms with Crippen LogP contribution in [0.25, 0.3) is 0 Å². The van der Waals surface area contributed by atoms with E-state index in [1.807, 2.05) is 0 Å². The Balaban J connectivity index is 3.93. The third kappa shape index (κ3) is 13.3. The third-order valence-corrected chi connectivity index (χ3v) is 9.46. The molecule has 0 aliphatic carbocycles. The summed E-state index contributed by atoms with van der Waals surface area (Å²) >= 11 is 0. The van der Waals surface area contributed by atoms with Gasteiger partial charge >= 0.3 is 11.9 Å². The first-order valence-corrected chi connectivity index (χ1v) is 18.9. The zero-order chi connectivity index (χ0) is 32.7. The van der Waals surface area contributed by atoms with E-state index in [-0.39, 0.29) is 11.9 Å². The van der Waals surface area contributed by atoms with Gasteiger partial charge in [0.05, 0.1) is 24.3 Å². The average Bonchev–Trinajstić information content (AvgIpc) is 3.04. The van der Waals surface area contributed by atoms with Crippen LogP contribution >= 0.6 is 0 Å². The number of carbonyl (C=O) groups excluding carboxylic acids is 2. The summed E-state index contributed by atoms with van der Waals surface area (Å²) in [5, 5.41) is 0. The molecule has 1 aromatic carbocycles. The minimum atomic E-state index is -0.312. The van der Waals surface area contributed by atoms with Crippen molar-refractivity contribution in [2.24, 2.45) is 11.8 Å². The molecule has 4 nitrogen and oxygen atoms in total. The molecule has 254 valence electrons. The van der Waals surface area contributed by atoms with Gasteiger partial charge in [-0.3, -0.25) is 0 Å². The Bertz CT molecular complexity index is 859. The van der Waals surface area contributed by atoms with Crippen LogP contribution in [0.3, 0.4) is 0 Å². The van der Waals surface area contributed by atoms with Gasteiger partial charge in [-0.1, -0.05) is 120 Å². The molecular weight excluding hydrogens is 544 g/mol. The van der Waals surface area contributed by atoms with Crippen LogP contribution in [0.5, 0.6) is 0 Å². The van der Waals surface area contributed by atoms with Crippen LogP contribution in [0.15, 0.2) is 0 Å². The lowest BCUT2D eigenvalue weighted by Gasteiger charge is -2.27. The van der Waals surface area contributed by atoms with E-state index in [9.17, 15) is 9.59 Å². The molecule has 1 rings (SSSR count). The Hall–Kier alpha value is -1.84. The summed E-state index contributed by atoms with van der Waals surface area (Å²) in [4.78, 5) is 28.7. The Morgan fingerprint density at radius 1 is 0.455 bits per heavy atom. The number of hydrogen-bond acceptors (Lipinski definition) is 4. The number of benzene rings is 1. The van der Waals surface area contributed by atoms with E-state index in [1.165, 1.54) is 11.1 Å². The molecule has 4 heteroatoms. The Morgan fingerprint density at radius 2 is 0.750 bits per heavy atom. The van der Waals surface area contributed by atoms with Gasteiger partial charge in [-0.25, -0.2) is 9.59 Å². The maximum absolute atomic E-state index is 14.3. The van der Waals surface area contributed by atoms with E-state index in [0.717, 1.165) is 140 Å². The third-order valence-electron chi connectivity index (χ3n) is 9.46. The molecule has 0 aliphatic heterocycles. The summed E-state index contributed by atoms with van der Waals surface area (Å²) in [5.41, 5.74) is 5.87. The maximum Gasteiger partial charge on any atom is 0.339 e. The molecule has 0 aromatic heterocycles. The summed E-state index contributed by atoms with van der Waals surface area (Å²) in [6, 6.07) is 0. The Morgan fingerprint density at radius 3 is 1.02 bits per heavy atom. The first kappa shape index (κ1) is 40.2. The normalized spacial score (nSPS) is 12.7. The first-order valence-electron chi connectivity index (χ1n) is 18.9. The molecule has 0 spiro atoms. The van der Waals surface area contributed by atoms with Gasteiger partial charge in [0, 0.05) is 0 Å². The molecule has 1 aromatic rings. The van der Waals surface area contributed by atoms with E-state index in [4.69, 9.17) is 9.47 Å². The number of ether oxygens (including phenoxy) is 2. The molecule has 0 saturated carbocycles. The van der Waals surface area contributed by atoms with E-state index >= 15 is 0 Å². The fourth-order valence-corrected chi connectivity index (χ4v) is 6.32. The highest BCUT2D eigenvalue weighted by Gasteiger charge is 2.32. The summed E-state index contributed by atoms with van der Waals surface area (Å²) in [7, 11) is 0. The molecule has 0 amide bonds. The van der Waals surface area contributed by atoms with Crippen molar-refractivity contribution < 1.29 is 19.1 Å². The van der Waals surface area contributed by atoms with Gasteiger partial charge in [-0.05, 0) is 98.3 Å². The lowest BCUT2D eigenvalue weighted by molar-refractivity contribution is 0.0379. The molecule has 0 radical (unpaired) electrons. The van der Waals surface area contributed by atoms with Crippen molar-refractivity contribution in [3.05, 3.63) is 33.4 Å². The van der Waals surface area contributed by atoms with Crippen molar-refractivity contribution in [2.75, 3.05) is 13.2 Å². The van der Waals surface area contributed by atoms with Crippen molar-refractivity contribution in [3.8, 4) is 0 Å². The Labute approximate surface area is 272 Å². The second kappa shape index (κ2) is 24.4. The molecule has 0 N–H and O–H groups in total. The zero-order valence-corrected chi connectivity index (χ0v) is 30.3. The van der Waals surface area contributed by atoms with E-state index in [2.05, 4.69) is 55.4 Å². The average molecular weight is 615 g/mol. The lowest BCUT2D eigenvalue weighted by Crippen LogP contribution is -2.25. The molecule has 0 aliphatic rings. The molecule has 0 heterocycles. The largest absolute Gasteiger partial charge is 0.462 e. The van der Waals surface area contributed by atoms with Gasteiger partial charge < -0.3 is 9.47 Å². The van der Waals surface area contributed by atoms with Crippen LogP contribution in [0.4, 0.5) is 0 Å². The smallest absolute Gasteiger partial charge is 0.339 e. The highest BCUT2D eigenvalue weighted by molar-refractivity contribution is 6.06. The second-order valence-corrected chi connectivity index (χ2v) is 13.1. The molecule has 0 bridgehead atoms. The monoisotopic (exact) mass is 615 g/mol. The molecule has 0 fully saturated rings. The van der Waals surface area contributed by atoms with Gasteiger partial charge in [0.25, 0.3) is 0 Å². The SMILES string of the molecule is CCCCc1c(CCCC)c(CCCC)c(C(=O)OCC(CC)CCCC)c(C(=O)OCC(CC)CCCC)c1CCCC. The Kier molecular flexibility index (Phi) is 22.3. The number of carbonyl (C=O) groups is 2. The van der Waals surface area contributed by atoms with Crippen molar-refractivity contribution in [1.82, 2.24) is 0 Å². The standard InChI is InChI=1S/C40H70O4/c1-9-17-23-31(15-7)29-43-39(41)37-35(27-21-13-5)33(25-19-11-3)34(26-20-12-4)36(28-22-14-6)38(37)40(42)44-30-32(16-8)24-18-10-2/h31-32H,9-30H2,1-8H3. The minimum absolute atomic E-state index is 0.312. The van der Waals surface area contributed by atoms with Crippen LogP contribution in [-0.2, 0) is 35.2 Å². The summed E-state index contributed by atoms with van der Waals surface area (Å²) in [5.74, 6) is 0.0718. The van der Waals surface area contributed by atoms with Crippen molar-refractivity contribution in [1.29, 1.82) is 0 Å². The predicted molar refractivity (Wildman–Crippen MR) is 188 cm³/mol. The summed E-state index contributed by atoms with van der Waals surface area (Å²) < 4.78 is 12.4. The van der Waals surface area contributed by atoms with E-state index < -0.39 is 0 Å². The van der Waals surface area contributed by atoms with Crippen molar-refractivity contribution in [2.45, 2.75) is 184 Å². The fraction of sp³-hybridized carbons (Fsp3) is 0.800. The number of esters is 2. The molecule has 2 unspecified atom stereocenters. The first-order chi connectivity index (χ1) is 21.4. The molecular formula is C40H70O4. The molecule has 0 saturated heterocycles. The van der Waals surface area contributed by atoms with Crippen LogP contribution in [0.2, 0.25) is 0 Å². The van der Waals surface area contributed by atoms with Crippen LogP contribution in [-0.4, -0.2) is 25.2 Å². The van der Waals surface area contributed by atoms with Crippen LogP contribution < -0.4 is 0 Å². The zero-order valence-electron chi connectivity index (χ0n) is 30.3. The number of hydrogen-bond donors (Lipinski definition) is 0. The van der Waals surface area contributed by atoms with Gasteiger partial charge in [-0.15, -0.1) is 0 Å². The topological polar surface area (TPSA) is 52.6 Å². The fourth-order valence-electron chi connectivity index (χ4n) is 6.32. The van der Waals surface area contributed by atoms with Crippen molar-refractivity contribution in [3.63, 3.8) is 0 Å². The van der Waals surface area contributed by atoms with Crippen LogP contribution in [0.1, 0.15) is 201 Å². The van der Waals surface area contributed by atoms with Crippen LogP contribution in [0, 0.1) is 11.8 Å². The van der Waals surface area contributed by atoms with Gasteiger partial charge in [-0.2, -0.15) is 0 Å². The van der Waals surface area contributed by atoms with E-state index in [1.54, 1.807) is 0 Å². The molecule has 44 heavy (non-hydrogen) atoms. The van der Waals surface area contributed by atoms with Gasteiger partial charge in [0.1, 0.15) is 0 Å². The number of unbranched alkanes of at least 4 members (excludes halogenated alkanes) is 6. The maximum atomic E-state index is 14.3. The predicted octanol–water partition coefficient (Wildman–Crippen LogP) is 11.8. The summed E-state index contributed by atoms with van der Waals surface area (Å²) in [6.07, 6.45) is 20.5. The van der Waals surface area contributed by atoms with E-state index in [0.29, 0.717) is 36.2 Å².